The number of carboxylic acids is 1. The normalized spacial score (nSPS) is 11.7. The molecule has 106 valence electrons. The fourth-order valence-corrected chi connectivity index (χ4v) is 2.22. The van der Waals surface area contributed by atoms with E-state index in [1.54, 1.807) is 13.1 Å². The van der Waals surface area contributed by atoms with E-state index in [1.165, 1.54) is 10.2 Å². The Kier molecular flexibility index (Phi) is 3.42. The Labute approximate surface area is 119 Å². The summed E-state index contributed by atoms with van der Waals surface area (Å²) >= 11 is 0. The van der Waals surface area contributed by atoms with Gasteiger partial charge in [0.1, 0.15) is 5.69 Å². The third kappa shape index (κ3) is 2.59. The third-order valence-electron chi connectivity index (χ3n) is 3.47. The first-order valence-electron chi connectivity index (χ1n) is 6.59. The average molecular weight is 272 g/mol. The standard InChI is InChI=1S/C16H20N2O2/c1-10-8-11(16(2,3)4)6-7-12(10)13-9-14(15(19)20)18(5)17-13/h6-9H,1-5H3,(H,19,20). The van der Waals surface area contributed by atoms with Gasteiger partial charge in [-0.15, -0.1) is 0 Å². The quantitative estimate of drug-likeness (QED) is 0.911. The maximum absolute atomic E-state index is 11.1. The molecule has 0 saturated carbocycles. The minimum absolute atomic E-state index is 0.0969. The van der Waals surface area contributed by atoms with Crippen molar-refractivity contribution in [1.82, 2.24) is 9.78 Å². The van der Waals surface area contributed by atoms with E-state index in [-0.39, 0.29) is 11.1 Å². The van der Waals surface area contributed by atoms with Gasteiger partial charge in [0.2, 0.25) is 0 Å². The van der Waals surface area contributed by atoms with Gasteiger partial charge in [0, 0.05) is 12.6 Å². The summed E-state index contributed by atoms with van der Waals surface area (Å²) in [6, 6.07) is 7.85. The van der Waals surface area contributed by atoms with E-state index in [2.05, 4.69) is 38.0 Å². The Morgan fingerprint density at radius 2 is 1.90 bits per heavy atom. The number of benzene rings is 1. The number of hydrogen-bond acceptors (Lipinski definition) is 2. The molecule has 0 unspecified atom stereocenters. The van der Waals surface area contributed by atoms with Crippen LogP contribution in [0.5, 0.6) is 0 Å². The van der Waals surface area contributed by atoms with E-state index in [4.69, 9.17) is 5.11 Å². The molecule has 2 aromatic rings. The predicted octanol–water partition coefficient (Wildman–Crippen LogP) is 3.39. The van der Waals surface area contributed by atoms with Gasteiger partial charge < -0.3 is 5.11 Å². The Balaban J connectivity index is 2.49. The largest absolute Gasteiger partial charge is 0.477 e. The van der Waals surface area contributed by atoms with Gasteiger partial charge in [0.15, 0.2) is 0 Å². The molecule has 4 nitrogen and oxygen atoms in total. The van der Waals surface area contributed by atoms with Gasteiger partial charge in [0.05, 0.1) is 5.69 Å². The lowest BCUT2D eigenvalue weighted by atomic mass is 9.85. The number of hydrogen-bond donors (Lipinski definition) is 1. The smallest absolute Gasteiger partial charge is 0.354 e. The van der Waals surface area contributed by atoms with Crippen molar-refractivity contribution in [1.29, 1.82) is 0 Å². The van der Waals surface area contributed by atoms with Gasteiger partial charge in [-0.2, -0.15) is 5.10 Å². The molecule has 1 aromatic heterocycles. The molecule has 0 spiro atoms. The summed E-state index contributed by atoms with van der Waals surface area (Å²) in [6.07, 6.45) is 0. The zero-order valence-electron chi connectivity index (χ0n) is 12.6. The van der Waals surface area contributed by atoms with Crippen molar-refractivity contribution >= 4 is 5.97 Å². The summed E-state index contributed by atoms with van der Waals surface area (Å²) in [7, 11) is 1.64. The van der Waals surface area contributed by atoms with Crippen molar-refractivity contribution in [3.8, 4) is 11.3 Å². The second-order valence-electron chi connectivity index (χ2n) is 6.12. The number of aryl methyl sites for hydroxylation is 2. The fraction of sp³-hybridized carbons (Fsp3) is 0.375. The fourth-order valence-electron chi connectivity index (χ4n) is 2.22. The zero-order chi connectivity index (χ0) is 15.1. The highest BCUT2D eigenvalue weighted by Gasteiger charge is 2.17. The molecular weight excluding hydrogens is 252 g/mol. The summed E-state index contributed by atoms with van der Waals surface area (Å²) in [5, 5.41) is 13.4. The number of aromatic nitrogens is 2. The van der Waals surface area contributed by atoms with Crippen molar-refractivity contribution in [2.24, 2.45) is 7.05 Å². The molecule has 1 aromatic carbocycles. The van der Waals surface area contributed by atoms with Crippen LogP contribution in [0, 0.1) is 6.92 Å². The molecule has 0 radical (unpaired) electrons. The van der Waals surface area contributed by atoms with Gasteiger partial charge in [-0.05, 0) is 29.5 Å². The molecule has 0 aliphatic rings. The van der Waals surface area contributed by atoms with Gasteiger partial charge >= 0.3 is 5.97 Å². The molecule has 0 aliphatic carbocycles. The monoisotopic (exact) mass is 272 g/mol. The molecule has 20 heavy (non-hydrogen) atoms. The molecule has 4 heteroatoms. The molecule has 1 N–H and O–H groups in total. The summed E-state index contributed by atoms with van der Waals surface area (Å²) in [5.74, 6) is -0.963. The molecular formula is C16H20N2O2. The Morgan fingerprint density at radius 3 is 2.35 bits per heavy atom. The summed E-state index contributed by atoms with van der Waals surface area (Å²) in [4.78, 5) is 11.1. The van der Waals surface area contributed by atoms with E-state index < -0.39 is 5.97 Å². The molecule has 0 saturated heterocycles. The van der Waals surface area contributed by atoms with Gasteiger partial charge in [0.25, 0.3) is 0 Å². The van der Waals surface area contributed by atoms with Crippen LogP contribution in [0.2, 0.25) is 0 Å². The van der Waals surface area contributed by atoms with Crippen LogP contribution in [-0.4, -0.2) is 20.9 Å². The van der Waals surface area contributed by atoms with Crippen LogP contribution in [0.3, 0.4) is 0 Å². The topological polar surface area (TPSA) is 55.1 Å². The zero-order valence-corrected chi connectivity index (χ0v) is 12.6. The summed E-state index contributed by atoms with van der Waals surface area (Å²) in [5.41, 5.74) is 4.32. The van der Waals surface area contributed by atoms with Gasteiger partial charge in [-0.1, -0.05) is 39.0 Å². The predicted molar refractivity (Wildman–Crippen MR) is 79.0 cm³/mol. The highest BCUT2D eigenvalue weighted by atomic mass is 16.4. The molecule has 2 rings (SSSR count). The minimum atomic E-state index is -0.963. The van der Waals surface area contributed by atoms with E-state index in [9.17, 15) is 4.79 Å². The van der Waals surface area contributed by atoms with Gasteiger partial charge in [-0.25, -0.2) is 4.79 Å². The lowest BCUT2D eigenvalue weighted by molar-refractivity contribution is 0.0685. The molecule has 0 bridgehead atoms. The van der Waals surface area contributed by atoms with E-state index in [0.29, 0.717) is 5.69 Å². The molecule has 0 atom stereocenters. The highest BCUT2D eigenvalue weighted by Crippen LogP contribution is 2.29. The van der Waals surface area contributed by atoms with Crippen molar-refractivity contribution in [2.75, 3.05) is 0 Å². The molecule has 0 amide bonds. The summed E-state index contributed by atoms with van der Waals surface area (Å²) < 4.78 is 1.40. The van der Waals surface area contributed by atoms with E-state index in [0.717, 1.165) is 11.1 Å². The van der Waals surface area contributed by atoms with Crippen LogP contribution in [0.1, 0.15) is 42.4 Å². The van der Waals surface area contributed by atoms with Crippen molar-refractivity contribution in [3.05, 3.63) is 41.1 Å². The Bertz CT molecular complexity index is 664. The minimum Gasteiger partial charge on any atom is -0.477 e. The van der Waals surface area contributed by atoms with Crippen LogP contribution in [0.15, 0.2) is 24.3 Å². The van der Waals surface area contributed by atoms with Crippen LogP contribution < -0.4 is 0 Å². The Hall–Kier alpha value is -2.10. The van der Waals surface area contributed by atoms with Crippen LogP contribution in [0.4, 0.5) is 0 Å². The average Bonchev–Trinajstić information content (AvgIpc) is 2.69. The van der Waals surface area contributed by atoms with E-state index >= 15 is 0 Å². The maximum Gasteiger partial charge on any atom is 0.354 e. The molecule has 1 heterocycles. The highest BCUT2D eigenvalue weighted by molar-refractivity contribution is 5.87. The Morgan fingerprint density at radius 1 is 1.25 bits per heavy atom. The van der Waals surface area contributed by atoms with Crippen molar-refractivity contribution in [2.45, 2.75) is 33.1 Å². The summed E-state index contributed by atoms with van der Waals surface area (Å²) in [6.45, 7) is 8.54. The number of carbonyl (C=O) groups is 1. The van der Waals surface area contributed by atoms with Gasteiger partial charge in [-0.3, -0.25) is 4.68 Å². The number of aromatic carboxylic acids is 1. The lowest BCUT2D eigenvalue weighted by Crippen LogP contribution is -2.11. The van der Waals surface area contributed by atoms with Crippen molar-refractivity contribution < 1.29 is 9.90 Å². The number of rotatable bonds is 2. The molecule has 0 fully saturated rings. The van der Waals surface area contributed by atoms with Crippen LogP contribution in [-0.2, 0) is 12.5 Å². The van der Waals surface area contributed by atoms with E-state index in [1.807, 2.05) is 13.0 Å². The number of nitrogens with zero attached hydrogens (tertiary/aromatic N) is 2. The first-order chi connectivity index (χ1) is 9.20. The third-order valence-corrected chi connectivity index (χ3v) is 3.47. The van der Waals surface area contributed by atoms with Crippen molar-refractivity contribution in [3.63, 3.8) is 0 Å². The van der Waals surface area contributed by atoms with Crippen LogP contribution >= 0.6 is 0 Å². The number of carboxylic acid groups (broad SMARTS) is 1. The second kappa shape index (κ2) is 4.78. The first-order valence-corrected chi connectivity index (χ1v) is 6.59. The maximum atomic E-state index is 11.1. The van der Waals surface area contributed by atoms with Crippen LogP contribution in [0.25, 0.3) is 11.3 Å². The molecule has 0 aliphatic heterocycles. The SMILES string of the molecule is Cc1cc(C(C)(C)C)ccc1-c1cc(C(=O)O)n(C)n1. The first kappa shape index (κ1) is 14.3. The lowest BCUT2D eigenvalue weighted by Gasteiger charge is -2.20. The second-order valence-corrected chi connectivity index (χ2v) is 6.12.